The molecule has 4 rings (SSSR count). The average molecular weight is 425 g/mol. The molecule has 0 atom stereocenters. The standard InChI is InChI=1S/C24H32N4O3/c1-17(2)15-28(20-6-10-31-11-7-20)22-5-4-18(24(23(29)30)8-3-9-24)12-21(22)27-19-13-25-16-26-14-19/h4-5,12-14,16-17,20,27H,3,6-11,15H2,1-2H3,(H,29,30). The monoisotopic (exact) mass is 424 g/mol. The molecule has 7 nitrogen and oxygen atoms in total. The Morgan fingerprint density at radius 2 is 1.97 bits per heavy atom. The molecule has 0 spiro atoms. The van der Waals surface area contributed by atoms with Gasteiger partial charge in [0, 0.05) is 25.8 Å². The Bertz CT molecular complexity index is 893. The Kier molecular flexibility index (Phi) is 6.41. The lowest BCUT2D eigenvalue weighted by Crippen LogP contribution is -2.43. The molecule has 1 aliphatic carbocycles. The van der Waals surface area contributed by atoms with Crippen LogP contribution in [0.4, 0.5) is 17.1 Å². The fourth-order valence-corrected chi connectivity index (χ4v) is 4.69. The molecule has 1 saturated carbocycles. The Hall–Kier alpha value is -2.67. The number of aromatic nitrogens is 2. The molecule has 0 unspecified atom stereocenters. The first-order valence-corrected chi connectivity index (χ1v) is 11.2. The van der Waals surface area contributed by atoms with E-state index in [0.717, 1.165) is 61.6 Å². The minimum absolute atomic E-state index is 0.395. The zero-order valence-corrected chi connectivity index (χ0v) is 18.4. The predicted octanol–water partition coefficient (Wildman–Crippen LogP) is 4.37. The third kappa shape index (κ3) is 4.51. The van der Waals surface area contributed by atoms with E-state index in [-0.39, 0.29) is 0 Å². The highest BCUT2D eigenvalue weighted by Gasteiger charge is 2.46. The van der Waals surface area contributed by atoms with E-state index in [0.29, 0.717) is 24.8 Å². The molecule has 0 bridgehead atoms. The molecule has 2 heterocycles. The van der Waals surface area contributed by atoms with Gasteiger partial charge >= 0.3 is 5.97 Å². The van der Waals surface area contributed by atoms with E-state index in [1.54, 1.807) is 12.4 Å². The molecule has 1 aromatic heterocycles. The van der Waals surface area contributed by atoms with Gasteiger partial charge < -0.3 is 20.1 Å². The van der Waals surface area contributed by atoms with Crippen molar-refractivity contribution >= 4 is 23.0 Å². The van der Waals surface area contributed by atoms with Gasteiger partial charge in [0.25, 0.3) is 0 Å². The summed E-state index contributed by atoms with van der Waals surface area (Å²) in [4.78, 5) is 22.8. The summed E-state index contributed by atoms with van der Waals surface area (Å²) in [5.41, 5.74) is 2.88. The number of anilines is 3. The fraction of sp³-hybridized carbons (Fsp3) is 0.542. The number of nitrogens with zero attached hydrogens (tertiary/aromatic N) is 3. The number of benzene rings is 1. The van der Waals surface area contributed by atoms with Crippen LogP contribution in [0.1, 0.15) is 51.5 Å². The maximum absolute atomic E-state index is 12.1. The topological polar surface area (TPSA) is 87.6 Å². The molecule has 1 saturated heterocycles. The summed E-state index contributed by atoms with van der Waals surface area (Å²) in [6, 6.07) is 6.54. The van der Waals surface area contributed by atoms with Crippen LogP contribution in [0.2, 0.25) is 0 Å². The van der Waals surface area contributed by atoms with E-state index in [9.17, 15) is 9.90 Å². The summed E-state index contributed by atoms with van der Waals surface area (Å²) >= 11 is 0. The second-order valence-electron chi connectivity index (χ2n) is 9.11. The van der Waals surface area contributed by atoms with E-state index in [4.69, 9.17) is 4.74 Å². The first-order chi connectivity index (χ1) is 15.0. The minimum atomic E-state index is -0.774. The number of aliphatic carboxylic acids is 1. The van der Waals surface area contributed by atoms with E-state index >= 15 is 0 Å². The van der Waals surface area contributed by atoms with Crippen LogP contribution in [0.25, 0.3) is 0 Å². The van der Waals surface area contributed by atoms with Crippen molar-refractivity contribution in [3.8, 4) is 0 Å². The van der Waals surface area contributed by atoms with Gasteiger partial charge in [-0.1, -0.05) is 26.3 Å². The largest absolute Gasteiger partial charge is 0.481 e. The lowest BCUT2D eigenvalue weighted by molar-refractivity contribution is -0.147. The first kappa shape index (κ1) is 21.6. The van der Waals surface area contributed by atoms with E-state index in [2.05, 4.69) is 40.1 Å². The number of carboxylic acids is 1. The lowest BCUT2D eigenvalue weighted by Gasteiger charge is -2.41. The van der Waals surface area contributed by atoms with Crippen molar-refractivity contribution in [2.45, 2.75) is 57.4 Å². The molecular weight excluding hydrogens is 392 g/mol. The number of nitrogens with one attached hydrogen (secondary N) is 1. The minimum Gasteiger partial charge on any atom is -0.481 e. The molecule has 1 aromatic carbocycles. The number of hydrogen-bond acceptors (Lipinski definition) is 6. The summed E-state index contributed by atoms with van der Waals surface area (Å²) in [5, 5.41) is 13.4. The van der Waals surface area contributed by atoms with Crippen molar-refractivity contribution in [2.75, 3.05) is 30.0 Å². The van der Waals surface area contributed by atoms with Gasteiger partial charge in [-0.3, -0.25) is 4.79 Å². The molecule has 7 heteroatoms. The highest BCUT2D eigenvalue weighted by molar-refractivity contribution is 5.85. The van der Waals surface area contributed by atoms with Gasteiger partial charge in [-0.15, -0.1) is 0 Å². The third-order valence-electron chi connectivity index (χ3n) is 6.51. The van der Waals surface area contributed by atoms with Crippen LogP contribution in [-0.4, -0.2) is 46.8 Å². The van der Waals surface area contributed by atoms with Gasteiger partial charge in [0.15, 0.2) is 0 Å². The van der Waals surface area contributed by atoms with Gasteiger partial charge in [-0.25, -0.2) is 9.97 Å². The third-order valence-corrected chi connectivity index (χ3v) is 6.51. The van der Waals surface area contributed by atoms with Crippen LogP contribution in [0.5, 0.6) is 0 Å². The smallest absolute Gasteiger partial charge is 0.314 e. The molecule has 0 radical (unpaired) electrons. The second kappa shape index (κ2) is 9.22. The predicted molar refractivity (Wildman–Crippen MR) is 121 cm³/mol. The summed E-state index contributed by atoms with van der Waals surface area (Å²) in [7, 11) is 0. The van der Waals surface area contributed by atoms with Crippen molar-refractivity contribution in [3.63, 3.8) is 0 Å². The van der Waals surface area contributed by atoms with Gasteiger partial charge in [-0.2, -0.15) is 0 Å². The fourth-order valence-electron chi connectivity index (χ4n) is 4.69. The van der Waals surface area contributed by atoms with Gasteiger partial charge in [0.2, 0.25) is 0 Å². The number of ether oxygens (including phenoxy) is 1. The molecule has 2 N–H and O–H groups in total. The number of hydrogen-bond donors (Lipinski definition) is 2. The zero-order valence-electron chi connectivity index (χ0n) is 18.4. The van der Waals surface area contributed by atoms with Gasteiger partial charge in [-0.05, 0) is 49.3 Å². The van der Waals surface area contributed by atoms with Crippen LogP contribution >= 0.6 is 0 Å². The Morgan fingerprint density at radius 1 is 1.26 bits per heavy atom. The highest BCUT2D eigenvalue weighted by Crippen LogP contribution is 2.46. The van der Waals surface area contributed by atoms with Crippen LogP contribution in [0.3, 0.4) is 0 Å². The quantitative estimate of drug-likeness (QED) is 0.651. The molecule has 2 aromatic rings. The normalized spacial score (nSPS) is 18.4. The van der Waals surface area contributed by atoms with E-state index < -0.39 is 11.4 Å². The SMILES string of the molecule is CC(C)CN(c1ccc(C2(C(=O)O)CCC2)cc1Nc1cncnc1)C1CCOCC1. The molecule has 1 aliphatic heterocycles. The second-order valence-corrected chi connectivity index (χ2v) is 9.11. The highest BCUT2D eigenvalue weighted by atomic mass is 16.5. The van der Waals surface area contributed by atoms with Crippen LogP contribution in [0, 0.1) is 5.92 Å². The Balaban J connectivity index is 1.76. The Labute approximate surface area is 183 Å². The van der Waals surface area contributed by atoms with Crippen molar-refractivity contribution in [3.05, 3.63) is 42.5 Å². The van der Waals surface area contributed by atoms with Crippen molar-refractivity contribution < 1.29 is 14.6 Å². The van der Waals surface area contributed by atoms with E-state index in [1.165, 1.54) is 6.33 Å². The Morgan fingerprint density at radius 3 is 2.55 bits per heavy atom. The summed E-state index contributed by atoms with van der Waals surface area (Å²) in [5.74, 6) is -0.239. The molecule has 0 amide bonds. The van der Waals surface area contributed by atoms with Crippen molar-refractivity contribution in [1.82, 2.24) is 9.97 Å². The van der Waals surface area contributed by atoms with Crippen LogP contribution in [0.15, 0.2) is 36.9 Å². The van der Waals surface area contributed by atoms with Crippen LogP contribution < -0.4 is 10.2 Å². The maximum atomic E-state index is 12.1. The molecular formula is C24H32N4O3. The van der Waals surface area contributed by atoms with E-state index in [1.807, 2.05) is 12.1 Å². The van der Waals surface area contributed by atoms with Gasteiger partial charge in [0.1, 0.15) is 6.33 Å². The molecule has 2 fully saturated rings. The number of carboxylic acid groups (broad SMARTS) is 1. The molecule has 166 valence electrons. The molecule has 31 heavy (non-hydrogen) atoms. The van der Waals surface area contributed by atoms with Gasteiger partial charge in [0.05, 0.1) is 34.9 Å². The summed E-state index contributed by atoms with van der Waals surface area (Å²) in [6.07, 6.45) is 9.27. The van der Waals surface area contributed by atoms with Crippen LogP contribution in [-0.2, 0) is 14.9 Å². The summed E-state index contributed by atoms with van der Waals surface area (Å²) in [6.45, 7) is 6.93. The number of rotatable bonds is 8. The lowest BCUT2D eigenvalue weighted by atomic mass is 9.64. The number of carbonyl (C=O) groups is 1. The van der Waals surface area contributed by atoms with Crippen molar-refractivity contribution in [1.29, 1.82) is 0 Å². The van der Waals surface area contributed by atoms with Crippen molar-refractivity contribution in [2.24, 2.45) is 5.92 Å². The zero-order chi connectivity index (χ0) is 21.8. The summed E-state index contributed by atoms with van der Waals surface area (Å²) < 4.78 is 5.60. The molecule has 2 aliphatic rings. The maximum Gasteiger partial charge on any atom is 0.314 e. The average Bonchev–Trinajstić information content (AvgIpc) is 2.73. The first-order valence-electron chi connectivity index (χ1n) is 11.2.